The fourth-order valence-electron chi connectivity index (χ4n) is 4.05. The lowest BCUT2D eigenvalue weighted by Crippen LogP contribution is -2.44. The Morgan fingerprint density at radius 1 is 1.24 bits per heavy atom. The number of hydrogen-bond donors (Lipinski definition) is 1. The van der Waals surface area contributed by atoms with E-state index in [0.717, 1.165) is 45.3 Å². The average Bonchev–Trinajstić information content (AvgIpc) is 2.99. The van der Waals surface area contributed by atoms with Gasteiger partial charge in [0.15, 0.2) is 0 Å². The van der Waals surface area contributed by atoms with Crippen LogP contribution in [0.25, 0.3) is 0 Å². The van der Waals surface area contributed by atoms with Crippen LogP contribution in [0.1, 0.15) is 63.5 Å². The number of nitrogens with one attached hydrogen (secondary N) is 1. The van der Waals surface area contributed by atoms with Gasteiger partial charge in [-0.15, -0.1) is 0 Å². The Kier molecular flexibility index (Phi) is 5.80. The number of rotatable bonds is 5. The molecule has 1 spiro atoms. The molecule has 2 aliphatic rings. The van der Waals surface area contributed by atoms with E-state index in [1.54, 1.807) is 6.92 Å². The Balaban J connectivity index is 1.46. The molecule has 1 unspecified atom stereocenters. The lowest BCUT2D eigenvalue weighted by Gasteiger charge is -2.39. The summed E-state index contributed by atoms with van der Waals surface area (Å²) in [5, 5.41) is 2.89. The molecular weight excluding hydrogens is 312 g/mol. The van der Waals surface area contributed by atoms with Crippen molar-refractivity contribution in [2.24, 2.45) is 0 Å². The molecule has 4 nitrogen and oxygen atoms in total. The largest absolute Gasteiger partial charge is 0.370 e. The predicted octanol–water partition coefficient (Wildman–Crippen LogP) is 3.46. The van der Waals surface area contributed by atoms with E-state index < -0.39 is 0 Å². The Bertz CT molecular complexity index is 574. The fourth-order valence-corrected chi connectivity index (χ4v) is 4.05. The quantitative estimate of drug-likeness (QED) is 0.889. The third kappa shape index (κ3) is 4.83. The van der Waals surface area contributed by atoms with Crippen LogP contribution in [0.15, 0.2) is 24.3 Å². The van der Waals surface area contributed by atoms with Gasteiger partial charge in [-0.1, -0.05) is 38.1 Å². The Morgan fingerprint density at radius 2 is 1.92 bits per heavy atom. The van der Waals surface area contributed by atoms with E-state index in [-0.39, 0.29) is 17.6 Å². The van der Waals surface area contributed by atoms with Crippen molar-refractivity contribution >= 4 is 5.91 Å². The molecule has 4 heteroatoms. The number of nitrogens with zero attached hydrogens (tertiary/aromatic N) is 1. The van der Waals surface area contributed by atoms with Gasteiger partial charge in [-0.3, -0.25) is 9.69 Å². The highest BCUT2D eigenvalue weighted by Crippen LogP contribution is 2.39. The molecule has 2 fully saturated rings. The summed E-state index contributed by atoms with van der Waals surface area (Å²) in [6, 6.07) is 9.07. The zero-order valence-electron chi connectivity index (χ0n) is 15.9. The van der Waals surface area contributed by atoms with Crippen LogP contribution in [0.3, 0.4) is 0 Å². The molecule has 0 radical (unpaired) electrons. The van der Waals surface area contributed by atoms with Gasteiger partial charge < -0.3 is 10.1 Å². The van der Waals surface area contributed by atoms with Crippen molar-refractivity contribution in [3.63, 3.8) is 0 Å². The first-order valence-electron chi connectivity index (χ1n) is 9.69. The molecule has 0 aromatic heterocycles. The maximum Gasteiger partial charge on any atom is 0.216 e. The Hall–Kier alpha value is -1.39. The summed E-state index contributed by atoms with van der Waals surface area (Å²) in [5.74, 6) is 0.622. The van der Waals surface area contributed by atoms with Crippen molar-refractivity contribution in [2.45, 2.75) is 70.6 Å². The Morgan fingerprint density at radius 3 is 2.52 bits per heavy atom. The van der Waals surface area contributed by atoms with Crippen LogP contribution in [-0.4, -0.2) is 42.1 Å². The summed E-state index contributed by atoms with van der Waals surface area (Å²) in [7, 11) is 0. The van der Waals surface area contributed by atoms with E-state index in [0.29, 0.717) is 12.5 Å². The summed E-state index contributed by atoms with van der Waals surface area (Å²) < 4.78 is 6.34. The van der Waals surface area contributed by atoms with Crippen LogP contribution in [0, 0.1) is 0 Å². The summed E-state index contributed by atoms with van der Waals surface area (Å²) >= 11 is 0. The monoisotopic (exact) mass is 344 g/mol. The molecule has 1 aromatic carbocycles. The molecule has 1 atom stereocenters. The van der Waals surface area contributed by atoms with Gasteiger partial charge in [0.2, 0.25) is 5.91 Å². The van der Waals surface area contributed by atoms with Crippen LogP contribution >= 0.6 is 0 Å². The molecule has 2 saturated heterocycles. The molecule has 2 heterocycles. The normalized spacial score (nSPS) is 23.3. The lowest BCUT2D eigenvalue weighted by atomic mass is 9.88. The second kappa shape index (κ2) is 7.88. The second-order valence-electron chi connectivity index (χ2n) is 8.07. The topological polar surface area (TPSA) is 41.6 Å². The molecule has 1 N–H and O–H groups in total. The van der Waals surface area contributed by atoms with Crippen LogP contribution in [0.5, 0.6) is 0 Å². The van der Waals surface area contributed by atoms with Gasteiger partial charge in [-0.25, -0.2) is 0 Å². The molecule has 3 rings (SSSR count). The SMILES string of the molecule is CC(=O)NCC1CCC2(CCN(Cc3ccc(C(C)C)cc3)CC2)O1. The summed E-state index contributed by atoms with van der Waals surface area (Å²) in [4.78, 5) is 13.6. The highest BCUT2D eigenvalue weighted by molar-refractivity contribution is 5.72. The minimum Gasteiger partial charge on any atom is -0.370 e. The summed E-state index contributed by atoms with van der Waals surface area (Å²) in [5.41, 5.74) is 2.86. The maximum atomic E-state index is 11.1. The molecule has 2 aliphatic heterocycles. The molecule has 1 amide bonds. The number of carbonyl (C=O) groups is 1. The molecule has 138 valence electrons. The van der Waals surface area contributed by atoms with Crippen molar-refractivity contribution < 1.29 is 9.53 Å². The number of benzene rings is 1. The van der Waals surface area contributed by atoms with E-state index in [4.69, 9.17) is 4.74 Å². The van der Waals surface area contributed by atoms with Crippen molar-refractivity contribution in [3.8, 4) is 0 Å². The number of hydrogen-bond acceptors (Lipinski definition) is 3. The van der Waals surface area contributed by atoms with E-state index in [1.165, 1.54) is 11.1 Å². The average molecular weight is 344 g/mol. The number of likely N-dealkylation sites (tertiary alicyclic amines) is 1. The highest BCUT2D eigenvalue weighted by atomic mass is 16.5. The van der Waals surface area contributed by atoms with Crippen molar-refractivity contribution in [3.05, 3.63) is 35.4 Å². The summed E-state index contributed by atoms with van der Waals surface area (Å²) in [6.45, 7) is 9.92. The maximum absolute atomic E-state index is 11.1. The first-order chi connectivity index (χ1) is 12.0. The van der Waals surface area contributed by atoms with Crippen LogP contribution in [0.4, 0.5) is 0 Å². The van der Waals surface area contributed by atoms with Crippen molar-refractivity contribution in [2.75, 3.05) is 19.6 Å². The second-order valence-corrected chi connectivity index (χ2v) is 8.07. The van der Waals surface area contributed by atoms with E-state index in [9.17, 15) is 4.79 Å². The van der Waals surface area contributed by atoms with Crippen LogP contribution < -0.4 is 5.32 Å². The number of ether oxygens (including phenoxy) is 1. The molecule has 0 saturated carbocycles. The number of amides is 1. The highest BCUT2D eigenvalue weighted by Gasteiger charge is 2.42. The summed E-state index contributed by atoms with van der Waals surface area (Å²) in [6.07, 6.45) is 4.60. The third-order valence-corrected chi connectivity index (χ3v) is 5.74. The zero-order valence-corrected chi connectivity index (χ0v) is 15.9. The van der Waals surface area contributed by atoms with Crippen molar-refractivity contribution in [1.29, 1.82) is 0 Å². The molecule has 0 aliphatic carbocycles. The smallest absolute Gasteiger partial charge is 0.216 e. The third-order valence-electron chi connectivity index (χ3n) is 5.74. The molecule has 25 heavy (non-hydrogen) atoms. The van der Waals surface area contributed by atoms with Gasteiger partial charge in [-0.2, -0.15) is 0 Å². The minimum atomic E-state index is 0.0304. The molecular formula is C21H32N2O2. The zero-order chi connectivity index (χ0) is 17.9. The molecule has 1 aromatic rings. The Labute approximate surface area is 151 Å². The minimum absolute atomic E-state index is 0.0304. The van der Waals surface area contributed by atoms with E-state index in [1.807, 2.05) is 0 Å². The molecule has 0 bridgehead atoms. The van der Waals surface area contributed by atoms with E-state index in [2.05, 4.69) is 48.3 Å². The fraction of sp³-hybridized carbons (Fsp3) is 0.667. The number of piperidine rings is 1. The predicted molar refractivity (Wildman–Crippen MR) is 101 cm³/mol. The van der Waals surface area contributed by atoms with Crippen LogP contribution in [-0.2, 0) is 16.1 Å². The van der Waals surface area contributed by atoms with Crippen molar-refractivity contribution in [1.82, 2.24) is 10.2 Å². The van der Waals surface area contributed by atoms with Gasteiger partial charge in [0.1, 0.15) is 0 Å². The van der Waals surface area contributed by atoms with Gasteiger partial charge in [0.05, 0.1) is 11.7 Å². The lowest BCUT2D eigenvalue weighted by molar-refractivity contribution is -0.120. The van der Waals surface area contributed by atoms with E-state index >= 15 is 0 Å². The van der Waals surface area contributed by atoms with Gasteiger partial charge in [0.25, 0.3) is 0 Å². The standard InChI is InChI=1S/C21H32N2O2/c1-16(2)19-6-4-18(5-7-19)15-23-12-10-21(11-13-23)9-8-20(25-21)14-22-17(3)24/h4-7,16,20H,8-15H2,1-3H3,(H,22,24). The van der Waals surface area contributed by atoms with Gasteiger partial charge in [0, 0.05) is 33.1 Å². The first kappa shape index (κ1) is 18.4. The van der Waals surface area contributed by atoms with Gasteiger partial charge in [-0.05, 0) is 42.7 Å². The van der Waals surface area contributed by atoms with Crippen LogP contribution in [0.2, 0.25) is 0 Å². The number of carbonyl (C=O) groups excluding carboxylic acids is 1. The van der Waals surface area contributed by atoms with Gasteiger partial charge >= 0.3 is 0 Å². The first-order valence-corrected chi connectivity index (χ1v) is 9.69.